The first-order chi connectivity index (χ1) is 19.2. The lowest BCUT2D eigenvalue weighted by Gasteiger charge is -2.17. The van der Waals surface area contributed by atoms with Gasteiger partial charge in [-0.05, 0) is 80.0 Å². The number of anilines is 1. The molecule has 1 heterocycles. The van der Waals surface area contributed by atoms with Gasteiger partial charge in [0.25, 0.3) is 0 Å². The zero-order valence-electron chi connectivity index (χ0n) is 26.1. The van der Waals surface area contributed by atoms with E-state index in [2.05, 4.69) is 75.8 Å². The van der Waals surface area contributed by atoms with Gasteiger partial charge in [0.15, 0.2) is 0 Å². The summed E-state index contributed by atoms with van der Waals surface area (Å²) in [5.74, 6) is 2.51. The first-order valence-electron chi connectivity index (χ1n) is 13.5. The number of nitrogens with one attached hydrogen (secondary N) is 2. The van der Waals surface area contributed by atoms with Crippen LogP contribution in [0.2, 0.25) is 0 Å². The molecule has 2 rings (SSSR count). The highest BCUT2D eigenvalue weighted by Gasteiger charge is 2.12. The number of hydrogen-bond donors (Lipinski definition) is 2. The summed E-state index contributed by atoms with van der Waals surface area (Å²) < 4.78 is 16.0. The highest BCUT2D eigenvalue weighted by atomic mass is 79.9. The average molecular weight is 657 g/mol. The summed E-state index contributed by atoms with van der Waals surface area (Å²) in [4.78, 5) is 0.852. The molecule has 2 unspecified atom stereocenters. The number of rotatable bonds is 12. The summed E-state index contributed by atoms with van der Waals surface area (Å²) in [5.41, 5.74) is 2.39. The van der Waals surface area contributed by atoms with Crippen LogP contribution in [0.15, 0.2) is 82.4 Å². The minimum absolute atomic E-state index is 0.601. The van der Waals surface area contributed by atoms with Crippen LogP contribution in [0.3, 0.4) is 0 Å². The Kier molecular flexibility index (Phi) is 24.7. The lowest BCUT2D eigenvalue weighted by molar-refractivity contribution is 0.535. The number of halogens is 2. The fraction of sp³-hybridized carbons (Fsp3) is 0.452. The van der Waals surface area contributed by atoms with Gasteiger partial charge in [-0.2, -0.15) is 5.10 Å². The standard InChI is InChI=1S/C19H29BrN4.C9H13NOS.C2H6.CH3Cl/c1-6-9-16(10-7-2)11-12-18(22-13-15(4)8-3)24-19(21-5)17(20)14-23-24;1-8-4-6-9(7-5-8)12(11)10(2)3;2*1-2/h6-7,9-10,12,14-15,21-22H,1,8,11,13H2,2-5H3;4-7H,1-3H3;1-2H3;1H3/b10-7-,16-9+,18-12-;;;. The van der Waals surface area contributed by atoms with E-state index in [-0.39, 0.29) is 0 Å². The Labute approximate surface area is 260 Å². The predicted octanol–water partition coefficient (Wildman–Crippen LogP) is 8.66. The molecular weight excluding hydrogens is 606 g/mol. The molecule has 226 valence electrons. The molecule has 40 heavy (non-hydrogen) atoms. The van der Waals surface area contributed by atoms with E-state index < -0.39 is 11.0 Å². The smallest absolute Gasteiger partial charge is 0.145 e. The van der Waals surface area contributed by atoms with Gasteiger partial charge in [-0.3, -0.25) is 0 Å². The van der Waals surface area contributed by atoms with Gasteiger partial charge in [-0.25, -0.2) is 13.2 Å². The highest BCUT2D eigenvalue weighted by molar-refractivity contribution is 9.10. The molecule has 2 N–H and O–H groups in total. The third-order valence-corrected chi connectivity index (χ3v) is 7.24. The van der Waals surface area contributed by atoms with Crippen LogP contribution in [-0.2, 0) is 11.0 Å². The molecule has 0 amide bonds. The lowest BCUT2D eigenvalue weighted by Crippen LogP contribution is -2.24. The second kappa shape index (κ2) is 24.6. The van der Waals surface area contributed by atoms with Crippen molar-refractivity contribution in [2.24, 2.45) is 5.92 Å². The predicted molar refractivity (Wildman–Crippen MR) is 183 cm³/mol. The highest BCUT2D eigenvalue weighted by Crippen LogP contribution is 2.24. The van der Waals surface area contributed by atoms with Crippen molar-refractivity contribution in [3.05, 3.63) is 83.0 Å². The number of nitrogens with zero attached hydrogens (tertiary/aromatic N) is 3. The minimum atomic E-state index is -1.01. The van der Waals surface area contributed by atoms with E-state index in [9.17, 15) is 4.21 Å². The van der Waals surface area contributed by atoms with Crippen molar-refractivity contribution >= 4 is 50.2 Å². The second-order valence-corrected chi connectivity index (χ2v) is 11.1. The van der Waals surface area contributed by atoms with Crippen LogP contribution in [0.25, 0.3) is 5.82 Å². The zero-order chi connectivity index (χ0) is 31.1. The number of aromatic nitrogens is 2. The lowest BCUT2D eigenvalue weighted by atomic mass is 10.1. The molecule has 0 spiro atoms. The molecule has 0 bridgehead atoms. The van der Waals surface area contributed by atoms with Gasteiger partial charge in [0, 0.05) is 20.0 Å². The van der Waals surface area contributed by atoms with Crippen LogP contribution in [-0.4, -0.2) is 52.4 Å². The normalized spacial score (nSPS) is 12.7. The average Bonchev–Trinajstić information content (AvgIpc) is 3.35. The Hall–Kier alpha value is -2.13. The third-order valence-electron chi connectivity index (χ3n) is 5.32. The number of hydrogen-bond acceptors (Lipinski definition) is 4. The summed E-state index contributed by atoms with van der Waals surface area (Å²) in [7, 11) is 4.49. The molecule has 0 radical (unpaired) electrons. The molecule has 0 saturated heterocycles. The first kappa shape index (κ1) is 40.0. The Morgan fingerprint density at radius 1 is 1.25 bits per heavy atom. The van der Waals surface area contributed by atoms with Crippen molar-refractivity contribution in [3.63, 3.8) is 0 Å². The maximum absolute atomic E-state index is 11.5. The van der Waals surface area contributed by atoms with Gasteiger partial charge in [0.1, 0.15) is 22.6 Å². The zero-order valence-corrected chi connectivity index (χ0v) is 29.3. The van der Waals surface area contributed by atoms with Crippen molar-refractivity contribution in [2.75, 3.05) is 39.4 Å². The molecule has 0 saturated carbocycles. The van der Waals surface area contributed by atoms with Crippen LogP contribution in [0.5, 0.6) is 0 Å². The van der Waals surface area contributed by atoms with Crippen molar-refractivity contribution in [1.29, 1.82) is 0 Å². The van der Waals surface area contributed by atoms with Crippen LogP contribution in [0, 0.1) is 12.8 Å². The van der Waals surface area contributed by atoms with Gasteiger partial charge >= 0.3 is 0 Å². The van der Waals surface area contributed by atoms with E-state index in [1.807, 2.05) is 81.9 Å². The van der Waals surface area contributed by atoms with Gasteiger partial charge < -0.3 is 10.6 Å². The van der Waals surface area contributed by atoms with Gasteiger partial charge in [-0.1, -0.05) is 82.7 Å². The van der Waals surface area contributed by atoms with Crippen LogP contribution in [0.4, 0.5) is 5.82 Å². The molecule has 2 aromatic rings. The molecule has 1 aromatic heterocycles. The fourth-order valence-corrected chi connectivity index (χ4v) is 4.28. The SMILES string of the molecule is C=C/C=C(\C=C/C)C/C=C(/NCC(C)CC)n1ncc(Br)c1NC.CC.CCl.Cc1ccc(S(=O)N(C)C)cc1. The monoisotopic (exact) mass is 655 g/mol. The quantitative estimate of drug-likeness (QED) is 0.177. The summed E-state index contributed by atoms with van der Waals surface area (Å²) in [6.45, 7) is 17.2. The molecule has 0 aliphatic carbocycles. The topological polar surface area (TPSA) is 62.2 Å². The number of allylic oxidation sites excluding steroid dienone is 6. The number of benzene rings is 1. The molecule has 0 aliphatic heterocycles. The maximum Gasteiger partial charge on any atom is 0.145 e. The van der Waals surface area contributed by atoms with Gasteiger partial charge in [0.2, 0.25) is 0 Å². The van der Waals surface area contributed by atoms with Crippen molar-refractivity contribution in [3.8, 4) is 0 Å². The van der Waals surface area contributed by atoms with Gasteiger partial charge in [-0.15, -0.1) is 11.6 Å². The third kappa shape index (κ3) is 15.6. The Morgan fingerprint density at radius 3 is 2.33 bits per heavy atom. The summed E-state index contributed by atoms with van der Waals surface area (Å²) in [6, 6.07) is 7.73. The molecule has 9 heteroatoms. The van der Waals surface area contributed by atoms with E-state index in [1.165, 1.54) is 17.5 Å². The summed E-state index contributed by atoms with van der Waals surface area (Å²) in [6.07, 6.45) is 15.4. The minimum Gasteiger partial charge on any atom is -0.372 e. The summed E-state index contributed by atoms with van der Waals surface area (Å²) in [5, 5.41) is 11.2. The van der Waals surface area contributed by atoms with Gasteiger partial charge in [0.05, 0.1) is 15.6 Å². The number of alkyl halides is 1. The Balaban J connectivity index is 0. The van der Waals surface area contributed by atoms with Crippen LogP contribution in [0.1, 0.15) is 53.0 Å². The molecule has 0 fully saturated rings. The van der Waals surface area contributed by atoms with Crippen molar-refractivity contribution in [1.82, 2.24) is 19.4 Å². The first-order valence-corrected chi connectivity index (χ1v) is 16.2. The molecule has 2 atom stereocenters. The Morgan fingerprint density at radius 2 is 1.85 bits per heavy atom. The Bertz CT molecular complexity index is 1060. The van der Waals surface area contributed by atoms with E-state index in [4.69, 9.17) is 0 Å². The van der Waals surface area contributed by atoms with Crippen LogP contribution >= 0.6 is 27.5 Å². The van der Waals surface area contributed by atoms with E-state index in [0.717, 1.165) is 40.4 Å². The molecule has 6 nitrogen and oxygen atoms in total. The summed E-state index contributed by atoms with van der Waals surface area (Å²) >= 11 is 8.17. The molecule has 0 aliphatic rings. The molecule has 1 aromatic carbocycles. The van der Waals surface area contributed by atoms with Crippen LogP contribution < -0.4 is 10.6 Å². The van der Waals surface area contributed by atoms with Crippen molar-refractivity contribution < 1.29 is 4.21 Å². The molecular formula is C31H51BrClN5OS. The van der Waals surface area contributed by atoms with E-state index >= 15 is 0 Å². The van der Waals surface area contributed by atoms with E-state index in [0.29, 0.717) is 5.92 Å². The largest absolute Gasteiger partial charge is 0.372 e. The maximum atomic E-state index is 11.5. The van der Waals surface area contributed by atoms with Crippen molar-refractivity contribution in [2.45, 2.75) is 59.3 Å². The fourth-order valence-electron chi connectivity index (χ4n) is 3.03. The van der Waals surface area contributed by atoms with E-state index in [1.54, 1.807) is 24.6 Å². The number of aryl methyl sites for hydroxylation is 1. The second-order valence-electron chi connectivity index (χ2n) is 8.54.